The number of fused-ring (bicyclic) bond motifs is 3. The fourth-order valence-electron chi connectivity index (χ4n) is 2.91. The molecule has 1 amide bonds. The fraction of sp³-hybridized carbons (Fsp3) is 0.462. The van der Waals surface area contributed by atoms with Crippen LogP contribution in [0.15, 0.2) is 4.99 Å². The average Bonchev–Trinajstić information content (AvgIpc) is 2.64. The number of nitriles is 1. The summed E-state index contributed by atoms with van der Waals surface area (Å²) in [6.07, 6.45) is -3.37. The van der Waals surface area contributed by atoms with Gasteiger partial charge >= 0.3 is 12.1 Å². The van der Waals surface area contributed by atoms with E-state index >= 15 is 0 Å². The van der Waals surface area contributed by atoms with E-state index in [0.29, 0.717) is 22.6 Å². The van der Waals surface area contributed by atoms with Crippen LogP contribution in [0.25, 0.3) is 0 Å². The molecule has 3 rings (SSSR count). The van der Waals surface area contributed by atoms with Gasteiger partial charge in [0.25, 0.3) is 0 Å². The number of carbonyl (C=O) groups is 1. The van der Waals surface area contributed by atoms with E-state index in [0.717, 1.165) is 4.90 Å². The van der Waals surface area contributed by atoms with E-state index < -0.39 is 17.6 Å². The molecule has 1 unspecified atom stereocenters. The smallest absolute Gasteiger partial charge is 0.344 e. The minimum Gasteiger partial charge on any atom is -0.344 e. The van der Waals surface area contributed by atoms with Gasteiger partial charge in [0.2, 0.25) is 0 Å². The van der Waals surface area contributed by atoms with Gasteiger partial charge in [-0.15, -0.1) is 0 Å². The number of carbonyl (C=O) groups excluding carboxylic acids is 1. The van der Waals surface area contributed by atoms with E-state index in [9.17, 15) is 23.2 Å². The van der Waals surface area contributed by atoms with Crippen molar-refractivity contribution in [3.05, 3.63) is 17.0 Å². The fourth-order valence-corrected chi connectivity index (χ4v) is 3.19. The highest BCUT2D eigenvalue weighted by atomic mass is 35.5. The molecule has 1 N–H and O–H groups in total. The van der Waals surface area contributed by atoms with Gasteiger partial charge in [-0.3, -0.25) is 4.79 Å². The van der Waals surface area contributed by atoms with E-state index in [1.807, 2.05) is 0 Å². The van der Waals surface area contributed by atoms with E-state index in [1.54, 1.807) is 4.57 Å². The van der Waals surface area contributed by atoms with Gasteiger partial charge in [-0.2, -0.15) is 18.4 Å². The highest BCUT2D eigenvalue weighted by Gasteiger charge is 2.43. The summed E-state index contributed by atoms with van der Waals surface area (Å²) in [7, 11) is 0. The summed E-state index contributed by atoms with van der Waals surface area (Å²) in [4.78, 5) is 16.2. The van der Waals surface area contributed by atoms with Gasteiger partial charge in [0.15, 0.2) is 5.50 Å². The second-order valence-corrected chi connectivity index (χ2v) is 5.56. The number of hydrogen-bond donors (Lipinski definition) is 1. The molecule has 0 spiro atoms. The van der Waals surface area contributed by atoms with E-state index in [-0.39, 0.29) is 26.1 Å². The van der Waals surface area contributed by atoms with E-state index in [4.69, 9.17) is 11.6 Å². The highest BCUT2D eigenvalue weighted by Crippen LogP contribution is 2.39. The first-order chi connectivity index (χ1) is 10.8. The molecule has 3 heterocycles. The molecule has 0 radical (unpaired) electrons. The molecule has 0 saturated heterocycles. The van der Waals surface area contributed by atoms with Crippen LogP contribution in [0.3, 0.4) is 0 Å². The van der Waals surface area contributed by atoms with Crippen LogP contribution in [-0.4, -0.2) is 41.0 Å². The van der Waals surface area contributed by atoms with Gasteiger partial charge in [-0.1, -0.05) is 11.6 Å². The predicted octanol–water partition coefficient (Wildman–Crippen LogP) is 2.00. The Labute approximate surface area is 134 Å². The minimum absolute atomic E-state index is 0.106. The van der Waals surface area contributed by atoms with Crippen LogP contribution in [0.1, 0.15) is 22.5 Å². The van der Waals surface area contributed by atoms with Crippen LogP contribution in [0, 0.1) is 11.3 Å². The maximum absolute atomic E-state index is 12.6. The molecule has 2 aliphatic rings. The van der Waals surface area contributed by atoms with Gasteiger partial charge < -0.3 is 14.8 Å². The van der Waals surface area contributed by atoms with Crippen LogP contribution in [0.4, 0.5) is 18.9 Å². The number of amides is 1. The van der Waals surface area contributed by atoms with Crippen LogP contribution in [0.2, 0.25) is 0 Å². The molecular formula is C13H11ClF3N5O. The van der Waals surface area contributed by atoms with Crippen molar-refractivity contribution in [3.63, 3.8) is 0 Å². The number of rotatable bonds is 0. The number of nitrogens with zero attached hydrogens (tertiary/aromatic N) is 4. The molecule has 0 aliphatic carbocycles. The summed E-state index contributed by atoms with van der Waals surface area (Å²) < 4.78 is 39.5. The molecule has 122 valence electrons. The van der Waals surface area contributed by atoms with Crippen molar-refractivity contribution >= 4 is 29.5 Å². The van der Waals surface area contributed by atoms with Gasteiger partial charge in [-0.05, 0) is 0 Å². The summed E-state index contributed by atoms with van der Waals surface area (Å²) in [5.41, 5.74) is 1.25. The topological polar surface area (TPSA) is 73.4 Å². The quantitative estimate of drug-likeness (QED) is 0.577. The maximum Gasteiger partial charge on any atom is 0.471 e. The molecule has 0 saturated carbocycles. The Morgan fingerprint density at radius 1 is 1.43 bits per heavy atom. The van der Waals surface area contributed by atoms with Crippen LogP contribution in [0.5, 0.6) is 0 Å². The largest absolute Gasteiger partial charge is 0.471 e. The maximum atomic E-state index is 12.6. The van der Waals surface area contributed by atoms with Crippen LogP contribution in [-0.2, 0) is 17.8 Å². The van der Waals surface area contributed by atoms with E-state index in [2.05, 4.69) is 16.4 Å². The molecule has 23 heavy (non-hydrogen) atoms. The average molecular weight is 346 g/mol. The van der Waals surface area contributed by atoms with Crippen molar-refractivity contribution < 1.29 is 18.0 Å². The van der Waals surface area contributed by atoms with Crippen molar-refractivity contribution in [2.75, 3.05) is 18.4 Å². The Balaban J connectivity index is 1.96. The van der Waals surface area contributed by atoms with Crippen LogP contribution < -0.4 is 5.32 Å². The minimum atomic E-state index is -4.91. The summed E-state index contributed by atoms with van der Waals surface area (Å²) in [6.45, 7) is -0.0873. The third kappa shape index (κ3) is 2.53. The normalized spacial score (nSPS) is 20.1. The summed E-state index contributed by atoms with van der Waals surface area (Å²) in [5, 5.41) is 12.2. The number of halogens is 4. The van der Waals surface area contributed by atoms with Crippen molar-refractivity contribution in [1.82, 2.24) is 9.47 Å². The molecule has 6 nitrogen and oxygen atoms in total. The number of aliphatic imine (C=N–C) groups is 1. The third-order valence-electron chi connectivity index (χ3n) is 3.90. The lowest BCUT2D eigenvalue weighted by Crippen LogP contribution is -2.42. The molecule has 1 aromatic heterocycles. The molecule has 0 aromatic carbocycles. The first kappa shape index (κ1) is 15.7. The first-order valence-electron chi connectivity index (χ1n) is 6.78. The Morgan fingerprint density at radius 3 is 2.83 bits per heavy atom. The molecule has 0 fully saturated rings. The Hall–Kier alpha value is -2.21. The third-order valence-corrected chi connectivity index (χ3v) is 4.22. The van der Waals surface area contributed by atoms with Crippen molar-refractivity contribution in [2.45, 2.75) is 24.6 Å². The first-order valence-corrected chi connectivity index (χ1v) is 7.22. The predicted molar refractivity (Wildman–Crippen MR) is 76.2 cm³/mol. The molecular weight excluding hydrogens is 335 g/mol. The SMILES string of the molecule is N#Cc1c2c(n3c1CCN(C(=O)C(F)(F)F)CC3)C(Cl)N=CN2. The van der Waals surface area contributed by atoms with Gasteiger partial charge in [0, 0.05) is 31.7 Å². The summed E-state index contributed by atoms with van der Waals surface area (Å²) in [5.74, 6) is -1.87. The Bertz CT molecular complexity index is 733. The highest BCUT2D eigenvalue weighted by molar-refractivity contribution is 6.22. The lowest BCUT2D eigenvalue weighted by Gasteiger charge is -2.22. The molecule has 1 aromatic rings. The zero-order valence-corrected chi connectivity index (χ0v) is 12.4. The van der Waals surface area contributed by atoms with Gasteiger partial charge in [-0.25, -0.2) is 4.99 Å². The number of nitrogens with one attached hydrogen (secondary N) is 1. The lowest BCUT2D eigenvalue weighted by atomic mass is 10.1. The second kappa shape index (κ2) is 5.45. The standard InChI is InChI=1S/C13H11ClF3N5O/c14-11-10-9(19-6-20-11)7(5-18)8-1-2-21(3-4-22(8)10)12(23)13(15,16)17/h6,11H,1-4H2,(H,19,20). The Morgan fingerprint density at radius 2 is 2.17 bits per heavy atom. The van der Waals surface area contributed by atoms with Crippen molar-refractivity contribution in [3.8, 4) is 6.07 Å². The van der Waals surface area contributed by atoms with Gasteiger partial charge in [0.05, 0.1) is 23.3 Å². The Kier molecular flexibility index (Phi) is 3.72. The zero-order chi connectivity index (χ0) is 16.8. The molecule has 0 bridgehead atoms. The van der Waals surface area contributed by atoms with Gasteiger partial charge in [0.1, 0.15) is 6.07 Å². The number of aromatic nitrogens is 1. The molecule has 2 aliphatic heterocycles. The van der Waals surface area contributed by atoms with Crippen molar-refractivity contribution in [1.29, 1.82) is 5.26 Å². The second-order valence-electron chi connectivity index (χ2n) is 5.14. The zero-order valence-electron chi connectivity index (χ0n) is 11.7. The molecule has 10 heteroatoms. The monoisotopic (exact) mass is 345 g/mol. The number of hydrogen-bond acceptors (Lipinski definition) is 4. The summed E-state index contributed by atoms with van der Waals surface area (Å²) in [6, 6.07) is 2.06. The van der Waals surface area contributed by atoms with E-state index in [1.165, 1.54) is 6.34 Å². The summed E-state index contributed by atoms with van der Waals surface area (Å²) >= 11 is 6.15. The number of alkyl halides is 4. The lowest BCUT2D eigenvalue weighted by molar-refractivity contribution is -0.185. The molecule has 1 atom stereocenters. The van der Waals surface area contributed by atoms with Crippen molar-refractivity contribution in [2.24, 2.45) is 4.99 Å². The number of anilines is 1. The van der Waals surface area contributed by atoms with Crippen LogP contribution >= 0.6 is 11.6 Å².